The third kappa shape index (κ3) is 2.39. The van der Waals surface area contributed by atoms with E-state index in [0.717, 1.165) is 0 Å². The summed E-state index contributed by atoms with van der Waals surface area (Å²) in [5, 5.41) is 26.8. The highest BCUT2D eigenvalue weighted by Gasteiger charge is 2.22. The van der Waals surface area contributed by atoms with Crippen molar-refractivity contribution in [3.63, 3.8) is 0 Å². The maximum Gasteiger partial charge on any atom is 0.337 e. The summed E-state index contributed by atoms with van der Waals surface area (Å²) in [7, 11) is 0. The molecule has 0 aliphatic carbocycles. The molecular weight excluding hydrogens is 241 g/mol. The number of aliphatic carboxylic acids is 1. The number of hydrogen-bond acceptors (Lipinski definition) is 3. The molecule has 0 amide bonds. The molecule has 1 atom stereocenters. The molecule has 1 unspecified atom stereocenters. The van der Waals surface area contributed by atoms with Crippen LogP contribution in [-0.4, -0.2) is 16.2 Å². The lowest BCUT2D eigenvalue weighted by Gasteiger charge is -2.09. The predicted molar refractivity (Wildman–Crippen MR) is 53.8 cm³/mol. The summed E-state index contributed by atoms with van der Waals surface area (Å²) in [6.07, 6.45) is -1.81. The second-order valence-electron chi connectivity index (χ2n) is 2.70. The summed E-state index contributed by atoms with van der Waals surface area (Å²) in [5.41, 5.74) is -0.196. The van der Waals surface area contributed by atoms with Crippen LogP contribution >= 0.6 is 23.2 Å². The molecule has 0 heterocycles. The van der Waals surface area contributed by atoms with E-state index in [2.05, 4.69) is 0 Å². The van der Waals surface area contributed by atoms with E-state index in [0.29, 0.717) is 0 Å². The second-order valence-corrected chi connectivity index (χ2v) is 3.55. The normalized spacial score (nSPS) is 11.9. The fourth-order valence-electron chi connectivity index (χ4n) is 1.06. The van der Waals surface area contributed by atoms with Crippen molar-refractivity contribution in [1.29, 1.82) is 5.26 Å². The fraction of sp³-hybridized carbons (Fsp3) is 0.111. The number of carboxylic acid groups (broad SMARTS) is 1. The number of aliphatic hydroxyl groups excluding tert-OH is 1. The summed E-state index contributed by atoms with van der Waals surface area (Å²) in [6, 6.07) is 4.22. The van der Waals surface area contributed by atoms with Gasteiger partial charge in [0.05, 0.1) is 10.6 Å². The van der Waals surface area contributed by atoms with Crippen LogP contribution in [0.15, 0.2) is 12.1 Å². The molecule has 1 aromatic rings. The number of nitriles is 1. The number of halogens is 2. The van der Waals surface area contributed by atoms with Crippen LogP contribution < -0.4 is 0 Å². The highest BCUT2D eigenvalue weighted by molar-refractivity contribution is 6.35. The quantitative estimate of drug-likeness (QED) is 0.835. The van der Waals surface area contributed by atoms with Crippen molar-refractivity contribution in [3.8, 4) is 6.07 Å². The predicted octanol–water partition coefficient (Wildman–Crippen LogP) is 1.98. The Labute approximate surface area is 95.3 Å². The van der Waals surface area contributed by atoms with Gasteiger partial charge in [-0.2, -0.15) is 5.26 Å². The minimum atomic E-state index is -1.81. The Kier molecular flexibility index (Phi) is 3.53. The van der Waals surface area contributed by atoms with Crippen molar-refractivity contribution in [2.45, 2.75) is 6.10 Å². The number of aliphatic hydroxyl groups is 1. The molecule has 0 aliphatic heterocycles. The van der Waals surface area contributed by atoms with Crippen molar-refractivity contribution in [1.82, 2.24) is 0 Å². The number of carbonyl (C=O) groups is 1. The Morgan fingerprint density at radius 3 is 2.53 bits per heavy atom. The molecule has 78 valence electrons. The van der Waals surface area contributed by atoms with E-state index in [4.69, 9.17) is 33.6 Å². The van der Waals surface area contributed by atoms with Gasteiger partial charge in [-0.3, -0.25) is 0 Å². The van der Waals surface area contributed by atoms with Crippen LogP contribution in [0.3, 0.4) is 0 Å². The summed E-state index contributed by atoms with van der Waals surface area (Å²) in [6.45, 7) is 0. The lowest BCUT2D eigenvalue weighted by Crippen LogP contribution is -2.12. The van der Waals surface area contributed by atoms with Gasteiger partial charge in [0.1, 0.15) is 6.07 Å². The average Bonchev–Trinajstić information content (AvgIpc) is 2.15. The minimum Gasteiger partial charge on any atom is -0.479 e. The van der Waals surface area contributed by atoms with Crippen molar-refractivity contribution < 1.29 is 15.0 Å². The lowest BCUT2D eigenvalue weighted by atomic mass is 10.0. The van der Waals surface area contributed by atoms with E-state index >= 15 is 0 Å². The minimum absolute atomic E-state index is 0.0142. The molecule has 4 nitrogen and oxygen atoms in total. The smallest absolute Gasteiger partial charge is 0.337 e. The van der Waals surface area contributed by atoms with Crippen molar-refractivity contribution in [3.05, 3.63) is 33.3 Å². The fourth-order valence-corrected chi connectivity index (χ4v) is 1.61. The van der Waals surface area contributed by atoms with Gasteiger partial charge in [-0.15, -0.1) is 0 Å². The molecule has 1 rings (SSSR count). The number of nitrogens with zero attached hydrogens (tertiary/aromatic N) is 1. The van der Waals surface area contributed by atoms with Crippen LogP contribution in [0.25, 0.3) is 0 Å². The van der Waals surface area contributed by atoms with Gasteiger partial charge in [-0.1, -0.05) is 23.2 Å². The first-order chi connectivity index (χ1) is 6.97. The van der Waals surface area contributed by atoms with Crippen LogP contribution in [0.4, 0.5) is 0 Å². The molecule has 0 aromatic heterocycles. The SMILES string of the molecule is N#Cc1c(Cl)cc(Cl)cc1C(O)C(=O)O. The van der Waals surface area contributed by atoms with Crippen LogP contribution in [0, 0.1) is 11.3 Å². The first kappa shape index (κ1) is 11.8. The molecule has 0 spiro atoms. The van der Waals surface area contributed by atoms with Crippen LogP contribution in [0.1, 0.15) is 17.2 Å². The Balaban J connectivity index is 3.40. The van der Waals surface area contributed by atoms with Crippen molar-refractivity contribution in [2.24, 2.45) is 0 Å². The standard InChI is InChI=1S/C9H5Cl2NO3/c10-4-1-5(8(13)9(14)15)6(3-12)7(11)2-4/h1-2,8,13H,(H,14,15). The third-order valence-electron chi connectivity index (χ3n) is 1.73. The van der Waals surface area contributed by atoms with E-state index in [1.165, 1.54) is 12.1 Å². The molecule has 15 heavy (non-hydrogen) atoms. The Bertz CT molecular complexity index is 453. The summed E-state index contributed by atoms with van der Waals surface area (Å²) < 4.78 is 0. The maximum absolute atomic E-state index is 10.5. The van der Waals surface area contributed by atoms with Crippen molar-refractivity contribution in [2.75, 3.05) is 0 Å². The second kappa shape index (κ2) is 4.49. The monoisotopic (exact) mass is 245 g/mol. The van der Waals surface area contributed by atoms with Gasteiger partial charge in [0, 0.05) is 10.6 Å². The first-order valence-corrected chi connectivity index (χ1v) is 4.53. The number of benzene rings is 1. The van der Waals surface area contributed by atoms with E-state index < -0.39 is 12.1 Å². The summed E-state index contributed by atoms with van der Waals surface area (Å²) in [4.78, 5) is 10.5. The van der Waals surface area contributed by atoms with Crippen LogP contribution in [0.2, 0.25) is 10.0 Å². The largest absolute Gasteiger partial charge is 0.479 e. The molecule has 0 fully saturated rings. The summed E-state index contributed by atoms with van der Waals surface area (Å²) >= 11 is 11.3. The lowest BCUT2D eigenvalue weighted by molar-refractivity contribution is -0.146. The first-order valence-electron chi connectivity index (χ1n) is 3.77. The van der Waals surface area contributed by atoms with Gasteiger partial charge in [0.15, 0.2) is 6.10 Å². The molecule has 0 aliphatic rings. The molecule has 0 radical (unpaired) electrons. The Hall–Kier alpha value is -1.28. The Morgan fingerprint density at radius 2 is 2.07 bits per heavy atom. The average molecular weight is 246 g/mol. The molecular formula is C9H5Cl2NO3. The molecule has 6 heteroatoms. The zero-order valence-corrected chi connectivity index (χ0v) is 8.75. The van der Waals surface area contributed by atoms with E-state index in [-0.39, 0.29) is 21.2 Å². The van der Waals surface area contributed by atoms with Gasteiger partial charge in [0.25, 0.3) is 0 Å². The highest BCUT2D eigenvalue weighted by atomic mass is 35.5. The number of rotatable bonds is 2. The zero-order valence-electron chi connectivity index (χ0n) is 7.24. The van der Waals surface area contributed by atoms with Gasteiger partial charge < -0.3 is 10.2 Å². The van der Waals surface area contributed by atoms with Crippen molar-refractivity contribution >= 4 is 29.2 Å². The van der Waals surface area contributed by atoms with E-state index in [1.54, 1.807) is 6.07 Å². The van der Waals surface area contributed by atoms with Gasteiger partial charge in [0.2, 0.25) is 0 Å². The third-order valence-corrected chi connectivity index (χ3v) is 2.24. The molecule has 0 bridgehead atoms. The summed E-state index contributed by atoms with van der Waals surface area (Å²) in [5.74, 6) is -1.47. The molecule has 1 aromatic carbocycles. The van der Waals surface area contributed by atoms with Crippen LogP contribution in [0.5, 0.6) is 0 Å². The number of hydrogen-bond donors (Lipinski definition) is 2. The van der Waals surface area contributed by atoms with Gasteiger partial charge in [-0.05, 0) is 12.1 Å². The topological polar surface area (TPSA) is 81.3 Å². The van der Waals surface area contributed by atoms with Gasteiger partial charge >= 0.3 is 5.97 Å². The Morgan fingerprint density at radius 1 is 1.47 bits per heavy atom. The molecule has 0 saturated carbocycles. The highest BCUT2D eigenvalue weighted by Crippen LogP contribution is 2.28. The van der Waals surface area contributed by atoms with E-state index in [9.17, 15) is 9.90 Å². The van der Waals surface area contributed by atoms with Gasteiger partial charge in [-0.25, -0.2) is 4.79 Å². The zero-order chi connectivity index (χ0) is 11.6. The van der Waals surface area contributed by atoms with Crippen LogP contribution in [-0.2, 0) is 4.79 Å². The van der Waals surface area contributed by atoms with E-state index in [1.807, 2.05) is 0 Å². The molecule has 2 N–H and O–H groups in total. The maximum atomic E-state index is 10.5. The number of carboxylic acids is 1. The molecule has 0 saturated heterocycles.